The van der Waals surface area contributed by atoms with E-state index in [0.29, 0.717) is 0 Å². The maximum atomic E-state index is 4.36. The molecule has 0 aliphatic rings. The van der Waals surface area contributed by atoms with Gasteiger partial charge in [0.1, 0.15) is 0 Å². The minimum atomic E-state index is 1.02. The molecule has 0 bridgehead atoms. The van der Waals surface area contributed by atoms with Crippen molar-refractivity contribution < 1.29 is 0 Å². The molecular formula is C12H12N2. The summed E-state index contributed by atoms with van der Waals surface area (Å²) >= 11 is 0. The van der Waals surface area contributed by atoms with Gasteiger partial charge in [0, 0.05) is 23.7 Å². The number of hydrogen-bond acceptors (Lipinski definition) is 2. The van der Waals surface area contributed by atoms with Crippen LogP contribution in [0.25, 0.3) is 11.3 Å². The fraction of sp³-hybridized carbons (Fsp3) is 0.167. The highest BCUT2D eigenvalue weighted by atomic mass is 14.7. The Morgan fingerprint density at radius 1 is 1.00 bits per heavy atom. The first-order valence-electron chi connectivity index (χ1n) is 4.62. The fourth-order valence-corrected chi connectivity index (χ4v) is 1.48. The van der Waals surface area contributed by atoms with Crippen LogP contribution in [0.3, 0.4) is 0 Å². The fourth-order valence-electron chi connectivity index (χ4n) is 1.48. The molecule has 14 heavy (non-hydrogen) atoms. The Morgan fingerprint density at radius 2 is 1.86 bits per heavy atom. The second-order valence-electron chi connectivity index (χ2n) is 3.35. The highest BCUT2D eigenvalue weighted by molar-refractivity contribution is 5.62. The summed E-state index contributed by atoms with van der Waals surface area (Å²) < 4.78 is 0. The van der Waals surface area contributed by atoms with Crippen LogP contribution < -0.4 is 0 Å². The van der Waals surface area contributed by atoms with Crippen LogP contribution in [0.4, 0.5) is 0 Å². The van der Waals surface area contributed by atoms with Crippen molar-refractivity contribution in [3.05, 3.63) is 47.9 Å². The van der Waals surface area contributed by atoms with Gasteiger partial charge in [-0.25, -0.2) is 0 Å². The van der Waals surface area contributed by atoms with Crippen molar-refractivity contribution in [1.82, 2.24) is 9.97 Å². The van der Waals surface area contributed by atoms with Crippen molar-refractivity contribution in [2.24, 2.45) is 0 Å². The lowest BCUT2D eigenvalue weighted by atomic mass is 10.1. The topological polar surface area (TPSA) is 25.8 Å². The Hall–Kier alpha value is -1.70. The molecule has 0 spiro atoms. The van der Waals surface area contributed by atoms with Crippen molar-refractivity contribution in [3.63, 3.8) is 0 Å². The summed E-state index contributed by atoms with van der Waals surface area (Å²) in [7, 11) is 0. The molecular weight excluding hydrogens is 172 g/mol. The molecule has 0 saturated carbocycles. The molecule has 0 aliphatic carbocycles. The number of nitrogens with zero attached hydrogens (tertiary/aromatic N) is 2. The average molecular weight is 184 g/mol. The molecule has 2 rings (SSSR count). The molecule has 2 aromatic rings. The second kappa shape index (κ2) is 3.58. The lowest BCUT2D eigenvalue weighted by Gasteiger charge is -2.04. The van der Waals surface area contributed by atoms with Gasteiger partial charge in [0.2, 0.25) is 0 Å². The minimum Gasteiger partial charge on any atom is -0.262 e. The smallest absolute Gasteiger partial charge is 0.0732 e. The summed E-state index contributed by atoms with van der Waals surface area (Å²) in [6.45, 7) is 4.06. The quantitative estimate of drug-likeness (QED) is 0.681. The van der Waals surface area contributed by atoms with Gasteiger partial charge in [-0.2, -0.15) is 0 Å². The summed E-state index contributed by atoms with van der Waals surface area (Å²) in [4.78, 5) is 8.53. The Morgan fingerprint density at radius 3 is 2.57 bits per heavy atom. The number of aromatic nitrogens is 2. The highest BCUT2D eigenvalue weighted by Gasteiger charge is 2.01. The van der Waals surface area contributed by atoms with Crippen LogP contribution in [0.2, 0.25) is 0 Å². The van der Waals surface area contributed by atoms with E-state index in [0.717, 1.165) is 17.0 Å². The van der Waals surface area contributed by atoms with Crippen LogP contribution in [0.15, 0.2) is 36.7 Å². The van der Waals surface area contributed by atoms with Crippen LogP contribution in [0.5, 0.6) is 0 Å². The predicted octanol–water partition coefficient (Wildman–Crippen LogP) is 2.76. The van der Waals surface area contributed by atoms with Crippen LogP contribution in [0.1, 0.15) is 11.3 Å². The van der Waals surface area contributed by atoms with E-state index in [1.54, 1.807) is 0 Å². The third kappa shape index (κ3) is 1.64. The Bertz CT molecular complexity index is 450. The van der Waals surface area contributed by atoms with E-state index in [-0.39, 0.29) is 0 Å². The predicted molar refractivity (Wildman–Crippen MR) is 56.9 cm³/mol. The molecule has 2 nitrogen and oxygen atoms in total. The zero-order chi connectivity index (χ0) is 9.97. The second-order valence-corrected chi connectivity index (χ2v) is 3.35. The molecule has 2 aromatic heterocycles. The summed E-state index contributed by atoms with van der Waals surface area (Å²) in [5.74, 6) is 0. The zero-order valence-corrected chi connectivity index (χ0v) is 8.36. The number of pyridine rings is 2. The maximum Gasteiger partial charge on any atom is 0.0732 e. The van der Waals surface area contributed by atoms with E-state index in [1.165, 1.54) is 5.56 Å². The van der Waals surface area contributed by atoms with Crippen LogP contribution in [0, 0.1) is 13.8 Å². The zero-order valence-electron chi connectivity index (χ0n) is 8.36. The molecule has 2 heterocycles. The third-order valence-electron chi connectivity index (χ3n) is 2.18. The third-order valence-corrected chi connectivity index (χ3v) is 2.18. The van der Waals surface area contributed by atoms with Crippen molar-refractivity contribution in [3.8, 4) is 11.3 Å². The minimum absolute atomic E-state index is 1.02. The molecule has 0 aromatic carbocycles. The van der Waals surface area contributed by atoms with E-state index < -0.39 is 0 Å². The van der Waals surface area contributed by atoms with Crippen LogP contribution >= 0.6 is 0 Å². The SMILES string of the molecule is Cc1cc(-c2ncccc2C)ccn1. The lowest BCUT2D eigenvalue weighted by molar-refractivity contribution is 1.19. The molecule has 0 aliphatic heterocycles. The Kier molecular flexibility index (Phi) is 2.27. The summed E-state index contributed by atoms with van der Waals surface area (Å²) in [5.41, 5.74) is 4.39. The van der Waals surface area contributed by atoms with E-state index in [1.807, 2.05) is 31.5 Å². The van der Waals surface area contributed by atoms with Crippen LogP contribution in [-0.4, -0.2) is 9.97 Å². The van der Waals surface area contributed by atoms with Crippen LogP contribution in [-0.2, 0) is 0 Å². The summed E-state index contributed by atoms with van der Waals surface area (Å²) in [6, 6.07) is 8.06. The molecule has 70 valence electrons. The van der Waals surface area contributed by atoms with Crippen molar-refractivity contribution in [2.45, 2.75) is 13.8 Å². The normalized spacial score (nSPS) is 10.1. The standard InChI is InChI=1S/C12H12N2/c1-9-4-3-6-14-12(9)11-5-7-13-10(2)8-11/h3-8H,1-2H3. The van der Waals surface area contributed by atoms with Gasteiger partial charge >= 0.3 is 0 Å². The molecule has 0 amide bonds. The lowest BCUT2D eigenvalue weighted by Crippen LogP contribution is -1.88. The van der Waals surface area contributed by atoms with Gasteiger partial charge in [-0.05, 0) is 37.6 Å². The molecule has 2 heteroatoms. The van der Waals surface area contributed by atoms with Crippen molar-refractivity contribution in [1.29, 1.82) is 0 Å². The van der Waals surface area contributed by atoms with E-state index >= 15 is 0 Å². The molecule has 0 radical (unpaired) electrons. The number of aryl methyl sites for hydroxylation is 2. The Labute approximate surface area is 83.7 Å². The van der Waals surface area contributed by atoms with Crippen molar-refractivity contribution in [2.75, 3.05) is 0 Å². The molecule has 0 saturated heterocycles. The largest absolute Gasteiger partial charge is 0.262 e. The van der Waals surface area contributed by atoms with E-state index in [2.05, 4.69) is 29.0 Å². The number of hydrogen-bond donors (Lipinski definition) is 0. The van der Waals surface area contributed by atoms with Gasteiger partial charge in [0.25, 0.3) is 0 Å². The van der Waals surface area contributed by atoms with Gasteiger partial charge in [-0.3, -0.25) is 9.97 Å². The van der Waals surface area contributed by atoms with Crippen molar-refractivity contribution >= 4 is 0 Å². The molecule has 0 atom stereocenters. The molecule has 0 unspecified atom stereocenters. The van der Waals surface area contributed by atoms with Gasteiger partial charge in [0.05, 0.1) is 5.69 Å². The van der Waals surface area contributed by atoms with Gasteiger partial charge in [-0.1, -0.05) is 6.07 Å². The van der Waals surface area contributed by atoms with Gasteiger partial charge in [-0.15, -0.1) is 0 Å². The molecule has 0 N–H and O–H groups in total. The van der Waals surface area contributed by atoms with Gasteiger partial charge < -0.3 is 0 Å². The maximum absolute atomic E-state index is 4.36. The Balaban J connectivity index is 2.55. The monoisotopic (exact) mass is 184 g/mol. The first kappa shape index (κ1) is 8.88. The van der Waals surface area contributed by atoms with E-state index in [4.69, 9.17) is 0 Å². The average Bonchev–Trinajstić information content (AvgIpc) is 2.18. The molecule has 0 fully saturated rings. The summed E-state index contributed by atoms with van der Waals surface area (Å²) in [6.07, 6.45) is 3.64. The first-order valence-corrected chi connectivity index (χ1v) is 4.62. The highest BCUT2D eigenvalue weighted by Crippen LogP contribution is 2.19. The van der Waals surface area contributed by atoms with Gasteiger partial charge in [0.15, 0.2) is 0 Å². The summed E-state index contributed by atoms with van der Waals surface area (Å²) in [5, 5.41) is 0. The number of rotatable bonds is 1. The first-order chi connectivity index (χ1) is 6.77. The van der Waals surface area contributed by atoms with E-state index in [9.17, 15) is 0 Å².